The van der Waals surface area contributed by atoms with Crippen molar-refractivity contribution in [2.45, 2.75) is 45.6 Å². The van der Waals surface area contributed by atoms with Gasteiger partial charge in [0.25, 0.3) is 5.91 Å². The Morgan fingerprint density at radius 2 is 1.91 bits per heavy atom. The van der Waals surface area contributed by atoms with Gasteiger partial charge in [-0.15, -0.1) is 0 Å². The number of carbonyl (C=O) groups is 2. The van der Waals surface area contributed by atoms with Crippen LogP contribution in [0.5, 0.6) is 0 Å². The lowest BCUT2D eigenvalue weighted by Crippen LogP contribution is -2.45. The third kappa shape index (κ3) is 4.86. The van der Waals surface area contributed by atoms with Crippen molar-refractivity contribution in [3.05, 3.63) is 35.9 Å². The van der Waals surface area contributed by atoms with Crippen LogP contribution in [0.1, 0.15) is 38.7 Å². The first-order chi connectivity index (χ1) is 10.6. The Labute approximate surface area is 132 Å². The second-order valence-electron chi connectivity index (χ2n) is 6.26. The minimum Gasteiger partial charge on any atom is -0.455 e. The maximum Gasteiger partial charge on any atom is 0.310 e. The molecule has 0 bridgehead atoms. The molecule has 0 spiro atoms. The van der Waals surface area contributed by atoms with Gasteiger partial charge in [0.05, 0.1) is 6.42 Å². The lowest BCUT2D eigenvalue weighted by atomic mass is 9.78. The largest absolute Gasteiger partial charge is 0.455 e. The fraction of sp³-hybridized carbons (Fsp3) is 0.556. The van der Waals surface area contributed by atoms with E-state index < -0.39 is 0 Å². The van der Waals surface area contributed by atoms with Crippen molar-refractivity contribution < 1.29 is 14.3 Å². The molecule has 1 N–H and O–H groups in total. The van der Waals surface area contributed by atoms with Gasteiger partial charge in [-0.05, 0) is 23.8 Å². The van der Waals surface area contributed by atoms with Crippen LogP contribution in [0.2, 0.25) is 0 Å². The number of amides is 1. The molecule has 4 heteroatoms. The summed E-state index contributed by atoms with van der Waals surface area (Å²) in [4.78, 5) is 23.7. The number of hydrogen-bond donors (Lipinski definition) is 1. The fourth-order valence-corrected chi connectivity index (χ4v) is 2.99. The molecule has 1 aliphatic rings. The fourth-order valence-electron chi connectivity index (χ4n) is 2.99. The average molecular weight is 303 g/mol. The zero-order valence-electron chi connectivity index (χ0n) is 13.4. The number of rotatable bonds is 5. The van der Waals surface area contributed by atoms with Crippen LogP contribution in [0.3, 0.4) is 0 Å². The second kappa shape index (κ2) is 7.97. The molecule has 0 unspecified atom stereocenters. The second-order valence-corrected chi connectivity index (χ2v) is 6.26. The molecule has 1 aliphatic carbocycles. The Morgan fingerprint density at radius 3 is 2.64 bits per heavy atom. The van der Waals surface area contributed by atoms with E-state index in [1.807, 2.05) is 30.3 Å². The summed E-state index contributed by atoms with van der Waals surface area (Å²) in [6.45, 7) is 4.21. The molecule has 1 aromatic carbocycles. The summed E-state index contributed by atoms with van der Waals surface area (Å²) < 4.78 is 5.06. The average Bonchev–Trinajstić information content (AvgIpc) is 2.51. The van der Waals surface area contributed by atoms with Gasteiger partial charge in [-0.2, -0.15) is 0 Å². The molecule has 0 saturated heterocycles. The van der Waals surface area contributed by atoms with Crippen LogP contribution < -0.4 is 5.32 Å². The molecule has 3 atom stereocenters. The Hall–Kier alpha value is -1.84. The molecule has 1 saturated carbocycles. The minimum atomic E-state index is -0.369. The van der Waals surface area contributed by atoms with Crippen molar-refractivity contribution in [2.75, 3.05) is 6.61 Å². The number of ether oxygens (including phenoxy) is 1. The van der Waals surface area contributed by atoms with Crippen LogP contribution in [0.25, 0.3) is 0 Å². The highest BCUT2D eigenvalue weighted by Gasteiger charge is 2.28. The monoisotopic (exact) mass is 303 g/mol. The third-order valence-corrected chi connectivity index (χ3v) is 4.61. The van der Waals surface area contributed by atoms with Gasteiger partial charge in [-0.1, -0.05) is 57.0 Å². The van der Waals surface area contributed by atoms with Crippen molar-refractivity contribution in [3.63, 3.8) is 0 Å². The summed E-state index contributed by atoms with van der Waals surface area (Å²) in [7, 11) is 0. The minimum absolute atomic E-state index is 0.191. The zero-order chi connectivity index (χ0) is 15.9. The van der Waals surface area contributed by atoms with Gasteiger partial charge in [-0.3, -0.25) is 9.59 Å². The van der Waals surface area contributed by atoms with E-state index in [1.54, 1.807) is 0 Å². The number of hydrogen-bond acceptors (Lipinski definition) is 3. The van der Waals surface area contributed by atoms with Crippen LogP contribution in [0.4, 0.5) is 0 Å². The molecular weight excluding hydrogens is 278 g/mol. The summed E-state index contributed by atoms with van der Waals surface area (Å²) in [5.74, 6) is 0.524. The maximum absolute atomic E-state index is 11.9. The number of carbonyl (C=O) groups excluding carboxylic acids is 2. The van der Waals surface area contributed by atoms with E-state index in [9.17, 15) is 9.59 Å². The van der Waals surface area contributed by atoms with E-state index in [1.165, 1.54) is 6.42 Å². The van der Waals surface area contributed by atoms with E-state index in [2.05, 4.69) is 19.2 Å². The SMILES string of the molecule is C[C@H]1[C@@H](NC(=O)COC(=O)Cc2ccccc2)CCC[C@@H]1C. The summed E-state index contributed by atoms with van der Waals surface area (Å²) in [5, 5.41) is 3.00. The summed E-state index contributed by atoms with van der Waals surface area (Å²) in [5.41, 5.74) is 0.891. The zero-order valence-corrected chi connectivity index (χ0v) is 13.4. The molecular formula is C18H25NO3. The Morgan fingerprint density at radius 1 is 1.18 bits per heavy atom. The number of nitrogens with one attached hydrogen (secondary N) is 1. The van der Waals surface area contributed by atoms with E-state index in [4.69, 9.17) is 4.74 Å². The van der Waals surface area contributed by atoms with Crippen LogP contribution in [0.15, 0.2) is 30.3 Å². The lowest BCUT2D eigenvalue weighted by Gasteiger charge is -2.34. The first kappa shape index (κ1) is 16.5. The van der Waals surface area contributed by atoms with Crippen molar-refractivity contribution >= 4 is 11.9 Å². The van der Waals surface area contributed by atoms with E-state index >= 15 is 0 Å². The van der Waals surface area contributed by atoms with Gasteiger partial charge in [-0.25, -0.2) is 0 Å². The molecule has 1 aromatic rings. The molecule has 4 nitrogen and oxygen atoms in total. The predicted molar refractivity (Wildman–Crippen MR) is 85.2 cm³/mol. The molecule has 0 aliphatic heterocycles. The summed E-state index contributed by atoms with van der Waals surface area (Å²) in [6.07, 6.45) is 3.57. The number of benzene rings is 1. The topological polar surface area (TPSA) is 55.4 Å². The van der Waals surface area contributed by atoms with Crippen LogP contribution in [-0.4, -0.2) is 24.5 Å². The number of esters is 1. The van der Waals surface area contributed by atoms with Crippen molar-refractivity contribution in [3.8, 4) is 0 Å². The summed E-state index contributed by atoms with van der Waals surface area (Å²) in [6, 6.07) is 9.58. The summed E-state index contributed by atoms with van der Waals surface area (Å²) >= 11 is 0. The highest BCUT2D eigenvalue weighted by molar-refractivity contribution is 5.81. The van der Waals surface area contributed by atoms with Gasteiger partial charge < -0.3 is 10.1 Å². The van der Waals surface area contributed by atoms with Gasteiger partial charge in [0.2, 0.25) is 0 Å². The highest BCUT2D eigenvalue weighted by atomic mass is 16.5. The first-order valence-corrected chi connectivity index (χ1v) is 8.05. The predicted octanol–water partition coefficient (Wildman–Crippen LogP) is 2.71. The molecule has 0 aromatic heterocycles. The van der Waals surface area contributed by atoms with Gasteiger partial charge in [0, 0.05) is 6.04 Å². The normalized spacial score (nSPS) is 24.5. The molecule has 1 amide bonds. The van der Waals surface area contributed by atoms with E-state index in [0.29, 0.717) is 11.8 Å². The third-order valence-electron chi connectivity index (χ3n) is 4.61. The van der Waals surface area contributed by atoms with Crippen molar-refractivity contribution in [1.29, 1.82) is 0 Å². The van der Waals surface area contributed by atoms with Gasteiger partial charge >= 0.3 is 5.97 Å². The van der Waals surface area contributed by atoms with Crippen molar-refractivity contribution in [1.82, 2.24) is 5.32 Å². The Kier molecular flexibility index (Phi) is 5.99. The quantitative estimate of drug-likeness (QED) is 0.851. The Bertz CT molecular complexity index is 500. The van der Waals surface area contributed by atoms with Crippen LogP contribution in [0, 0.1) is 11.8 Å². The van der Waals surface area contributed by atoms with E-state index in [0.717, 1.165) is 18.4 Å². The highest BCUT2D eigenvalue weighted by Crippen LogP contribution is 2.29. The van der Waals surface area contributed by atoms with Crippen LogP contribution in [-0.2, 0) is 20.7 Å². The lowest BCUT2D eigenvalue weighted by molar-refractivity contribution is -0.148. The first-order valence-electron chi connectivity index (χ1n) is 8.05. The Balaban J connectivity index is 1.72. The maximum atomic E-state index is 11.9. The van der Waals surface area contributed by atoms with Crippen molar-refractivity contribution in [2.24, 2.45) is 11.8 Å². The van der Waals surface area contributed by atoms with Crippen LogP contribution >= 0.6 is 0 Å². The smallest absolute Gasteiger partial charge is 0.310 e. The molecule has 120 valence electrons. The molecule has 0 radical (unpaired) electrons. The molecule has 1 fully saturated rings. The van der Waals surface area contributed by atoms with Gasteiger partial charge in [0.1, 0.15) is 0 Å². The molecule has 0 heterocycles. The molecule has 2 rings (SSSR count). The molecule has 22 heavy (non-hydrogen) atoms. The van der Waals surface area contributed by atoms with E-state index in [-0.39, 0.29) is 30.9 Å². The van der Waals surface area contributed by atoms with Gasteiger partial charge in [0.15, 0.2) is 6.61 Å². The standard InChI is InChI=1S/C18H25NO3/c1-13-7-6-10-16(14(13)2)19-17(20)12-22-18(21)11-15-8-4-3-5-9-15/h3-5,8-9,13-14,16H,6-7,10-12H2,1-2H3,(H,19,20)/t13-,14+,16-/m0/s1.